The summed E-state index contributed by atoms with van der Waals surface area (Å²) < 4.78 is 62.4. The Morgan fingerprint density at radius 3 is 2.33 bits per heavy atom. The summed E-state index contributed by atoms with van der Waals surface area (Å²) in [6.07, 6.45) is 2.45. The highest BCUT2D eigenvalue weighted by Gasteiger charge is 2.27. The third-order valence-corrected chi connectivity index (χ3v) is 7.51. The van der Waals surface area contributed by atoms with Gasteiger partial charge < -0.3 is 14.5 Å². The number of nitrogens with zero attached hydrogens (tertiary/aromatic N) is 2. The zero-order valence-corrected chi connectivity index (χ0v) is 18.0. The Hall–Kier alpha value is -2.41. The van der Waals surface area contributed by atoms with Gasteiger partial charge in [0.25, 0.3) is 0 Å². The second kappa shape index (κ2) is 9.16. The van der Waals surface area contributed by atoms with Crippen LogP contribution >= 0.6 is 0 Å². The molecule has 1 aliphatic heterocycles. The van der Waals surface area contributed by atoms with Crippen molar-refractivity contribution in [2.75, 3.05) is 43.4 Å². The van der Waals surface area contributed by atoms with E-state index in [-0.39, 0.29) is 30.2 Å². The maximum atomic E-state index is 12.7. The maximum absolute atomic E-state index is 12.7. The second-order valence-corrected chi connectivity index (χ2v) is 10.5. The lowest BCUT2D eigenvalue weighted by Crippen LogP contribution is -2.41. The van der Waals surface area contributed by atoms with E-state index in [9.17, 15) is 21.6 Å². The van der Waals surface area contributed by atoms with E-state index in [0.29, 0.717) is 19.0 Å². The molecule has 1 aromatic carbocycles. The van der Waals surface area contributed by atoms with Crippen molar-refractivity contribution >= 4 is 31.6 Å². The minimum Gasteiger partial charge on any atom is -0.467 e. The first-order chi connectivity index (χ1) is 14.2. The van der Waals surface area contributed by atoms with Crippen molar-refractivity contribution < 1.29 is 30.8 Å². The molecule has 1 fully saturated rings. The third-order valence-electron chi connectivity index (χ3n) is 4.46. The largest absolute Gasteiger partial charge is 0.467 e. The predicted octanol–water partition coefficient (Wildman–Crippen LogP) is 0.383. The molecule has 1 aromatic heterocycles. The molecule has 2 heterocycles. The molecule has 0 saturated carbocycles. The van der Waals surface area contributed by atoms with Crippen molar-refractivity contribution in [1.29, 1.82) is 0 Å². The van der Waals surface area contributed by atoms with Crippen molar-refractivity contribution in [3.63, 3.8) is 0 Å². The molecule has 3 rings (SSSR count). The Kier molecular flexibility index (Phi) is 6.81. The smallest absolute Gasteiger partial charge is 0.243 e. The minimum atomic E-state index is -3.78. The normalized spacial score (nSPS) is 15.6. The minimum absolute atomic E-state index is 0.0453. The van der Waals surface area contributed by atoms with Crippen LogP contribution in [-0.2, 0) is 36.1 Å². The number of rotatable bonds is 8. The van der Waals surface area contributed by atoms with Crippen molar-refractivity contribution in [3.8, 4) is 0 Å². The summed E-state index contributed by atoms with van der Waals surface area (Å²) in [7, 11) is -7.48. The second-order valence-electron chi connectivity index (χ2n) is 6.64. The highest BCUT2D eigenvalue weighted by molar-refractivity contribution is 7.92. The van der Waals surface area contributed by atoms with Gasteiger partial charge in [-0.1, -0.05) is 0 Å². The van der Waals surface area contributed by atoms with Gasteiger partial charge in [-0.05, 0) is 36.4 Å². The maximum Gasteiger partial charge on any atom is 0.243 e. The molecule has 164 valence electrons. The summed E-state index contributed by atoms with van der Waals surface area (Å²) in [6.45, 7) is 0.846. The average molecular weight is 458 g/mol. The zero-order chi connectivity index (χ0) is 21.8. The lowest BCUT2D eigenvalue weighted by molar-refractivity contribution is -0.119. The number of anilines is 1. The van der Waals surface area contributed by atoms with Crippen LogP contribution in [0.5, 0.6) is 0 Å². The van der Waals surface area contributed by atoms with Crippen LogP contribution in [0.15, 0.2) is 52.0 Å². The Morgan fingerprint density at radius 1 is 1.10 bits per heavy atom. The molecule has 0 radical (unpaired) electrons. The molecule has 12 heteroatoms. The van der Waals surface area contributed by atoms with E-state index in [1.807, 2.05) is 0 Å². The molecule has 10 nitrogen and oxygen atoms in total. The monoisotopic (exact) mass is 457 g/mol. The average Bonchev–Trinajstić information content (AvgIpc) is 3.24. The fourth-order valence-corrected chi connectivity index (χ4v) is 5.17. The Balaban J connectivity index is 1.74. The van der Waals surface area contributed by atoms with Gasteiger partial charge in [0.15, 0.2) is 0 Å². The van der Waals surface area contributed by atoms with E-state index in [2.05, 4.69) is 5.32 Å². The quantitative estimate of drug-likeness (QED) is 0.607. The molecule has 0 unspecified atom stereocenters. The summed E-state index contributed by atoms with van der Waals surface area (Å²) in [5, 5.41) is 2.58. The first kappa shape index (κ1) is 22.3. The Labute approximate surface area is 175 Å². The number of carbonyl (C=O) groups is 1. The Morgan fingerprint density at radius 2 is 1.77 bits per heavy atom. The van der Waals surface area contributed by atoms with Gasteiger partial charge in [0.1, 0.15) is 12.3 Å². The molecular formula is C18H23N3O7S2. The molecule has 0 spiro atoms. The number of carbonyl (C=O) groups excluding carboxylic acids is 1. The molecule has 1 saturated heterocycles. The number of furan rings is 1. The van der Waals surface area contributed by atoms with Gasteiger partial charge in [0.2, 0.25) is 26.0 Å². The number of morpholine rings is 1. The highest BCUT2D eigenvalue weighted by atomic mass is 32.2. The van der Waals surface area contributed by atoms with E-state index in [4.69, 9.17) is 9.15 Å². The van der Waals surface area contributed by atoms with E-state index in [1.54, 1.807) is 12.1 Å². The lowest BCUT2D eigenvalue weighted by atomic mass is 10.3. The third kappa shape index (κ3) is 5.39. The van der Waals surface area contributed by atoms with Crippen LogP contribution in [0.25, 0.3) is 0 Å². The summed E-state index contributed by atoms with van der Waals surface area (Å²) in [4.78, 5) is 12.3. The van der Waals surface area contributed by atoms with Crippen LogP contribution in [-0.4, -0.2) is 66.2 Å². The summed E-state index contributed by atoms with van der Waals surface area (Å²) in [5.74, 6) is 0.00812. The number of amides is 1. The van der Waals surface area contributed by atoms with Gasteiger partial charge in [-0.15, -0.1) is 0 Å². The van der Waals surface area contributed by atoms with E-state index < -0.39 is 32.5 Å². The fraction of sp³-hybridized carbons (Fsp3) is 0.389. The van der Waals surface area contributed by atoms with Crippen LogP contribution < -0.4 is 9.62 Å². The number of hydrogen-bond donors (Lipinski definition) is 1. The number of nitrogens with one attached hydrogen (secondary N) is 1. The molecule has 30 heavy (non-hydrogen) atoms. The number of ether oxygens (including phenoxy) is 1. The molecular weight excluding hydrogens is 434 g/mol. The lowest BCUT2D eigenvalue weighted by Gasteiger charge is -2.26. The molecule has 0 aliphatic carbocycles. The van der Waals surface area contributed by atoms with Gasteiger partial charge in [0, 0.05) is 13.1 Å². The Bertz CT molecular complexity index is 1060. The van der Waals surface area contributed by atoms with E-state index in [0.717, 1.165) is 10.6 Å². The highest BCUT2D eigenvalue weighted by Crippen LogP contribution is 2.23. The number of sulfonamides is 2. The zero-order valence-electron chi connectivity index (χ0n) is 16.4. The van der Waals surface area contributed by atoms with Crippen LogP contribution in [0, 0.1) is 0 Å². The van der Waals surface area contributed by atoms with Gasteiger partial charge in [-0.3, -0.25) is 9.10 Å². The van der Waals surface area contributed by atoms with Gasteiger partial charge in [-0.25, -0.2) is 16.8 Å². The molecule has 1 aliphatic rings. The van der Waals surface area contributed by atoms with Crippen LogP contribution in [0.4, 0.5) is 5.69 Å². The standard InChI is InChI=1S/C18H23N3O7S2/c1-29(23,24)21(14-18(22)19-13-16-3-2-10-28-16)15-4-6-17(7-5-15)30(25,26)20-8-11-27-12-9-20/h2-7,10H,8-9,11-14H2,1H3,(H,19,22). The molecule has 1 N–H and O–H groups in total. The van der Waals surface area contributed by atoms with Crippen molar-refractivity contribution in [3.05, 3.63) is 48.4 Å². The van der Waals surface area contributed by atoms with Crippen molar-refractivity contribution in [1.82, 2.24) is 9.62 Å². The van der Waals surface area contributed by atoms with Gasteiger partial charge in [-0.2, -0.15) is 4.31 Å². The first-order valence-electron chi connectivity index (χ1n) is 9.13. The summed E-state index contributed by atoms with van der Waals surface area (Å²) in [6, 6.07) is 8.76. The fourth-order valence-electron chi connectivity index (χ4n) is 2.91. The van der Waals surface area contributed by atoms with Gasteiger partial charge >= 0.3 is 0 Å². The van der Waals surface area contributed by atoms with Gasteiger partial charge in [0.05, 0.1) is 42.9 Å². The first-order valence-corrected chi connectivity index (χ1v) is 12.4. The topological polar surface area (TPSA) is 126 Å². The predicted molar refractivity (Wildman–Crippen MR) is 109 cm³/mol. The van der Waals surface area contributed by atoms with Crippen LogP contribution in [0.1, 0.15) is 5.76 Å². The SMILES string of the molecule is CS(=O)(=O)N(CC(=O)NCc1ccco1)c1ccc(S(=O)(=O)N2CCOCC2)cc1. The van der Waals surface area contributed by atoms with Crippen molar-refractivity contribution in [2.45, 2.75) is 11.4 Å². The van der Waals surface area contributed by atoms with E-state index in [1.165, 1.54) is 34.8 Å². The molecule has 2 aromatic rings. The summed E-state index contributed by atoms with van der Waals surface area (Å²) >= 11 is 0. The number of benzene rings is 1. The molecule has 0 atom stereocenters. The molecule has 1 amide bonds. The van der Waals surface area contributed by atoms with Crippen LogP contribution in [0.2, 0.25) is 0 Å². The van der Waals surface area contributed by atoms with Crippen molar-refractivity contribution in [2.24, 2.45) is 0 Å². The summed E-state index contributed by atoms with van der Waals surface area (Å²) in [5.41, 5.74) is 0.187. The molecule has 0 bridgehead atoms. The van der Waals surface area contributed by atoms with Crippen LogP contribution in [0.3, 0.4) is 0 Å². The van der Waals surface area contributed by atoms with E-state index >= 15 is 0 Å². The number of hydrogen-bond acceptors (Lipinski definition) is 7.